The molecule has 3 aromatic rings. The Bertz CT molecular complexity index is 1140. The van der Waals surface area contributed by atoms with Crippen LogP contribution in [-0.4, -0.2) is 34.5 Å². The highest BCUT2D eigenvalue weighted by molar-refractivity contribution is 5.95. The van der Waals surface area contributed by atoms with Crippen LogP contribution in [0.2, 0.25) is 0 Å². The van der Waals surface area contributed by atoms with E-state index in [2.05, 4.69) is 20.6 Å². The van der Waals surface area contributed by atoms with E-state index in [0.29, 0.717) is 31.2 Å². The first-order valence-electron chi connectivity index (χ1n) is 11.3. The van der Waals surface area contributed by atoms with Gasteiger partial charge in [-0.05, 0) is 55.7 Å². The lowest BCUT2D eigenvalue weighted by molar-refractivity contribution is -0.117. The van der Waals surface area contributed by atoms with Crippen molar-refractivity contribution in [1.82, 2.24) is 20.2 Å². The molecule has 1 aromatic heterocycles. The molecule has 0 bridgehead atoms. The number of hydrogen-bond donors (Lipinski definition) is 2. The van der Waals surface area contributed by atoms with E-state index in [4.69, 9.17) is 0 Å². The minimum Gasteiger partial charge on any atom is -0.357 e. The van der Waals surface area contributed by atoms with Gasteiger partial charge in [-0.1, -0.05) is 18.2 Å². The largest absolute Gasteiger partial charge is 0.357 e. The van der Waals surface area contributed by atoms with Crippen molar-refractivity contribution in [1.29, 1.82) is 0 Å². The summed E-state index contributed by atoms with van der Waals surface area (Å²) in [6.45, 7) is 6.29. The summed E-state index contributed by atoms with van der Waals surface area (Å²) in [6, 6.07) is 13.1. The average Bonchev–Trinajstić information content (AvgIpc) is 3.44. The summed E-state index contributed by atoms with van der Waals surface area (Å²) in [5, 5.41) is 6.53. The zero-order valence-corrected chi connectivity index (χ0v) is 19.0. The van der Waals surface area contributed by atoms with Crippen molar-refractivity contribution in [3.05, 3.63) is 77.6 Å². The molecule has 0 saturated carbocycles. The molecule has 7 nitrogen and oxygen atoms in total. The lowest BCUT2D eigenvalue weighted by Crippen LogP contribution is -2.36. The zero-order valence-electron chi connectivity index (χ0n) is 19.0. The first-order valence-corrected chi connectivity index (χ1v) is 11.3. The topological polar surface area (TPSA) is 74.6 Å². The second-order valence-electron chi connectivity index (χ2n) is 7.99. The molecule has 2 heterocycles. The number of anilines is 1. The van der Waals surface area contributed by atoms with Crippen LogP contribution in [0.5, 0.6) is 0 Å². The molecule has 0 aliphatic carbocycles. The molecule has 1 aliphatic heterocycles. The number of nitrogens with one attached hydrogen (secondary N) is 2. The number of hydrogen-bond acceptors (Lipinski definition) is 3. The smallest absolute Gasteiger partial charge is 0.227 e. The van der Waals surface area contributed by atoms with Gasteiger partial charge in [0.15, 0.2) is 5.96 Å². The minimum absolute atomic E-state index is 0.187. The maximum atomic E-state index is 14.7. The Morgan fingerprint density at radius 1 is 1.15 bits per heavy atom. The van der Waals surface area contributed by atoms with Crippen LogP contribution in [0.1, 0.15) is 36.7 Å². The lowest BCUT2D eigenvalue weighted by atomic mass is 10.2. The standard InChI is InChI=1S/C25H29FN6O/c1-3-27-25(29-16-19-6-9-21(10-7-19)32-13-4-5-24(32)33)30-17-20-8-11-23(22(26)15-20)31-14-12-28-18(31)2/h6-12,14-15H,3-5,13,16-17H2,1-2H3,(H2,27,29,30). The van der Waals surface area contributed by atoms with Crippen molar-refractivity contribution in [2.45, 2.75) is 39.8 Å². The molecule has 2 N–H and O–H groups in total. The number of imidazole rings is 1. The second-order valence-corrected chi connectivity index (χ2v) is 7.99. The van der Waals surface area contributed by atoms with Gasteiger partial charge in [-0.15, -0.1) is 0 Å². The van der Waals surface area contributed by atoms with E-state index in [1.807, 2.05) is 49.1 Å². The van der Waals surface area contributed by atoms with E-state index < -0.39 is 0 Å². The van der Waals surface area contributed by atoms with Crippen LogP contribution in [-0.2, 0) is 17.9 Å². The van der Waals surface area contributed by atoms with E-state index in [-0.39, 0.29) is 11.7 Å². The molecule has 0 unspecified atom stereocenters. The van der Waals surface area contributed by atoms with Crippen molar-refractivity contribution < 1.29 is 9.18 Å². The van der Waals surface area contributed by atoms with E-state index in [1.165, 1.54) is 6.07 Å². The predicted molar refractivity (Wildman–Crippen MR) is 128 cm³/mol. The minimum atomic E-state index is -0.307. The summed E-state index contributed by atoms with van der Waals surface area (Å²) in [6.07, 6.45) is 4.94. The van der Waals surface area contributed by atoms with E-state index in [0.717, 1.165) is 42.1 Å². The maximum absolute atomic E-state index is 14.7. The molecule has 2 aromatic carbocycles. The van der Waals surface area contributed by atoms with Crippen molar-refractivity contribution in [3.8, 4) is 5.69 Å². The van der Waals surface area contributed by atoms with Gasteiger partial charge >= 0.3 is 0 Å². The van der Waals surface area contributed by atoms with Gasteiger partial charge in [0.25, 0.3) is 0 Å². The Morgan fingerprint density at radius 2 is 1.94 bits per heavy atom. The van der Waals surface area contributed by atoms with Crippen LogP contribution in [0.15, 0.2) is 59.9 Å². The van der Waals surface area contributed by atoms with E-state index in [9.17, 15) is 9.18 Å². The predicted octanol–water partition coefficient (Wildman–Crippen LogP) is 3.70. The number of carbonyl (C=O) groups excluding carboxylic acids is 1. The fraction of sp³-hybridized carbons (Fsp3) is 0.320. The second kappa shape index (κ2) is 10.3. The summed E-state index contributed by atoms with van der Waals surface area (Å²) in [7, 11) is 0. The summed E-state index contributed by atoms with van der Waals surface area (Å²) >= 11 is 0. The molecule has 1 fully saturated rings. The number of amides is 1. The molecule has 1 saturated heterocycles. The number of aliphatic imine (C=N–C) groups is 1. The van der Waals surface area contributed by atoms with Gasteiger partial charge in [-0.2, -0.15) is 0 Å². The molecular formula is C25H29FN6O. The SMILES string of the molecule is CCNC(=NCc1ccc(-n2ccnc2C)c(F)c1)NCc1ccc(N2CCCC2=O)cc1. The van der Waals surface area contributed by atoms with Crippen molar-refractivity contribution in [2.24, 2.45) is 4.99 Å². The third-order valence-electron chi connectivity index (χ3n) is 5.64. The number of nitrogens with zero attached hydrogens (tertiary/aromatic N) is 4. The van der Waals surface area contributed by atoms with Crippen molar-refractivity contribution in [2.75, 3.05) is 18.0 Å². The third kappa shape index (κ3) is 5.39. The lowest BCUT2D eigenvalue weighted by Gasteiger charge is -2.16. The quantitative estimate of drug-likeness (QED) is 0.427. The number of halogens is 1. The summed E-state index contributed by atoms with van der Waals surface area (Å²) in [5.41, 5.74) is 3.29. The highest BCUT2D eigenvalue weighted by atomic mass is 19.1. The summed E-state index contributed by atoms with van der Waals surface area (Å²) < 4.78 is 16.4. The van der Waals surface area contributed by atoms with Gasteiger partial charge in [0, 0.05) is 44.1 Å². The van der Waals surface area contributed by atoms with Gasteiger partial charge in [0.2, 0.25) is 5.91 Å². The Labute approximate surface area is 193 Å². The Hall–Kier alpha value is -3.68. The van der Waals surface area contributed by atoms with Crippen molar-refractivity contribution in [3.63, 3.8) is 0 Å². The molecule has 0 radical (unpaired) electrons. The average molecular weight is 449 g/mol. The molecular weight excluding hydrogens is 419 g/mol. The summed E-state index contributed by atoms with van der Waals surface area (Å²) in [5.74, 6) is 1.27. The number of rotatable bonds is 7. The van der Waals surface area contributed by atoms with Gasteiger partial charge in [-0.25, -0.2) is 14.4 Å². The number of aryl methyl sites for hydroxylation is 1. The normalized spacial score (nSPS) is 14.1. The molecule has 0 atom stereocenters. The molecule has 1 amide bonds. The molecule has 4 rings (SSSR count). The number of aromatic nitrogens is 2. The van der Waals surface area contributed by atoms with Crippen LogP contribution in [0, 0.1) is 12.7 Å². The number of carbonyl (C=O) groups is 1. The third-order valence-corrected chi connectivity index (χ3v) is 5.64. The Kier molecular flexibility index (Phi) is 7.02. The van der Waals surface area contributed by atoms with E-state index in [1.54, 1.807) is 23.0 Å². The highest BCUT2D eigenvalue weighted by Gasteiger charge is 2.21. The van der Waals surface area contributed by atoms with Crippen molar-refractivity contribution >= 4 is 17.6 Å². The molecule has 1 aliphatic rings. The Balaban J connectivity index is 1.38. The number of benzene rings is 2. The molecule has 0 spiro atoms. The van der Waals surface area contributed by atoms with Crippen LogP contribution in [0.4, 0.5) is 10.1 Å². The van der Waals surface area contributed by atoms with Gasteiger partial charge in [-0.3, -0.25) is 4.79 Å². The zero-order chi connectivity index (χ0) is 23.2. The fourth-order valence-electron chi connectivity index (χ4n) is 3.89. The van der Waals surface area contributed by atoms with Gasteiger partial charge in [0.05, 0.1) is 12.2 Å². The first kappa shape index (κ1) is 22.5. The number of guanidine groups is 1. The molecule has 172 valence electrons. The van der Waals surface area contributed by atoms with Crippen LogP contribution in [0.25, 0.3) is 5.69 Å². The van der Waals surface area contributed by atoms with Gasteiger partial charge < -0.3 is 20.1 Å². The maximum Gasteiger partial charge on any atom is 0.227 e. The van der Waals surface area contributed by atoms with Gasteiger partial charge in [0.1, 0.15) is 11.6 Å². The molecule has 8 heteroatoms. The Morgan fingerprint density at radius 3 is 2.58 bits per heavy atom. The summed E-state index contributed by atoms with van der Waals surface area (Å²) in [4.78, 5) is 22.5. The monoisotopic (exact) mass is 448 g/mol. The fourth-order valence-corrected chi connectivity index (χ4v) is 3.89. The van der Waals surface area contributed by atoms with E-state index >= 15 is 0 Å². The first-order chi connectivity index (χ1) is 16.0. The molecule has 33 heavy (non-hydrogen) atoms. The van der Waals surface area contributed by atoms with Crippen LogP contribution in [0.3, 0.4) is 0 Å². The van der Waals surface area contributed by atoms with Crippen LogP contribution < -0.4 is 15.5 Å². The van der Waals surface area contributed by atoms with Crippen LogP contribution >= 0.6 is 0 Å². The highest BCUT2D eigenvalue weighted by Crippen LogP contribution is 2.21.